The van der Waals surface area contributed by atoms with Gasteiger partial charge in [0.05, 0.1) is 6.04 Å². The minimum atomic E-state index is -0.0267. The number of fused-ring (bicyclic) bond motifs is 1. The number of nitrogens with zero attached hydrogens (tertiary/aromatic N) is 1. The highest BCUT2D eigenvalue weighted by atomic mass is 16.1. The predicted molar refractivity (Wildman–Crippen MR) is 60.5 cm³/mol. The van der Waals surface area contributed by atoms with Gasteiger partial charge in [-0.15, -0.1) is 0 Å². The number of benzene rings is 1. The third kappa shape index (κ3) is 1.70. The van der Waals surface area contributed by atoms with Crippen LogP contribution in [-0.2, 0) is 11.3 Å². The van der Waals surface area contributed by atoms with Crippen molar-refractivity contribution in [3.63, 3.8) is 0 Å². The fourth-order valence-electron chi connectivity index (χ4n) is 2.34. The zero-order valence-electron chi connectivity index (χ0n) is 9.53. The van der Waals surface area contributed by atoms with Crippen molar-refractivity contribution in [3.8, 4) is 0 Å². The largest absolute Gasteiger partial charge is 0.298 e. The van der Waals surface area contributed by atoms with Crippen molar-refractivity contribution in [2.45, 2.75) is 39.4 Å². The topological polar surface area (TPSA) is 20.3 Å². The summed E-state index contributed by atoms with van der Waals surface area (Å²) in [5, 5.41) is 0. The Labute approximate surface area is 90.9 Å². The van der Waals surface area contributed by atoms with E-state index in [-0.39, 0.29) is 11.8 Å². The van der Waals surface area contributed by atoms with Crippen LogP contribution < -0.4 is 0 Å². The van der Waals surface area contributed by atoms with E-state index in [9.17, 15) is 4.79 Å². The van der Waals surface area contributed by atoms with E-state index in [0.717, 1.165) is 6.54 Å². The molecule has 0 amide bonds. The van der Waals surface area contributed by atoms with Gasteiger partial charge in [0.2, 0.25) is 0 Å². The molecule has 1 aliphatic heterocycles. The van der Waals surface area contributed by atoms with E-state index in [1.165, 1.54) is 11.1 Å². The van der Waals surface area contributed by atoms with Crippen LogP contribution in [0.4, 0.5) is 0 Å². The molecule has 0 radical (unpaired) electrons. The molecule has 80 valence electrons. The van der Waals surface area contributed by atoms with Gasteiger partial charge in [-0.3, -0.25) is 9.69 Å². The molecule has 2 rings (SSSR count). The third-order valence-corrected chi connectivity index (χ3v) is 3.08. The number of carbonyl (C=O) groups excluding carboxylic acids is 1. The van der Waals surface area contributed by atoms with Gasteiger partial charge < -0.3 is 0 Å². The second kappa shape index (κ2) is 3.78. The van der Waals surface area contributed by atoms with Gasteiger partial charge in [-0.1, -0.05) is 24.3 Å². The Morgan fingerprint density at radius 2 is 2.07 bits per heavy atom. The van der Waals surface area contributed by atoms with E-state index >= 15 is 0 Å². The molecule has 0 fully saturated rings. The highest BCUT2D eigenvalue weighted by Crippen LogP contribution is 2.35. The van der Waals surface area contributed by atoms with Crippen LogP contribution in [-0.4, -0.2) is 16.7 Å². The third-order valence-electron chi connectivity index (χ3n) is 3.08. The minimum absolute atomic E-state index is 0.0267. The van der Waals surface area contributed by atoms with E-state index in [4.69, 9.17) is 0 Å². The van der Waals surface area contributed by atoms with Crippen molar-refractivity contribution in [2.24, 2.45) is 0 Å². The van der Waals surface area contributed by atoms with Gasteiger partial charge in [0, 0.05) is 12.6 Å². The maximum Gasteiger partial charge on any atom is 0.151 e. The summed E-state index contributed by atoms with van der Waals surface area (Å²) < 4.78 is 0. The lowest BCUT2D eigenvalue weighted by Gasteiger charge is -2.26. The first-order valence-corrected chi connectivity index (χ1v) is 5.45. The molecule has 1 heterocycles. The van der Waals surface area contributed by atoms with Crippen LogP contribution in [0.3, 0.4) is 0 Å². The molecule has 2 heteroatoms. The first kappa shape index (κ1) is 10.4. The normalized spacial score (nSPS) is 20.7. The minimum Gasteiger partial charge on any atom is -0.298 e. The molecule has 15 heavy (non-hydrogen) atoms. The van der Waals surface area contributed by atoms with E-state index in [1.54, 1.807) is 6.92 Å². The van der Waals surface area contributed by atoms with Crippen LogP contribution in [0.2, 0.25) is 0 Å². The van der Waals surface area contributed by atoms with Crippen molar-refractivity contribution in [1.82, 2.24) is 4.90 Å². The van der Waals surface area contributed by atoms with Crippen LogP contribution in [0.5, 0.6) is 0 Å². The molecule has 0 spiro atoms. The molecule has 0 aromatic heterocycles. The monoisotopic (exact) mass is 203 g/mol. The molecular formula is C13H17NO. The van der Waals surface area contributed by atoms with Crippen LogP contribution >= 0.6 is 0 Å². The molecule has 2 nitrogen and oxygen atoms in total. The predicted octanol–water partition coefficient (Wildman–Crippen LogP) is 2.54. The van der Waals surface area contributed by atoms with E-state index in [2.05, 4.69) is 30.9 Å². The zero-order chi connectivity index (χ0) is 11.0. The van der Waals surface area contributed by atoms with Gasteiger partial charge in [-0.05, 0) is 31.9 Å². The highest BCUT2D eigenvalue weighted by molar-refractivity contribution is 5.84. The molecule has 0 unspecified atom stereocenters. The van der Waals surface area contributed by atoms with Crippen LogP contribution in [0, 0.1) is 0 Å². The second-order valence-electron chi connectivity index (χ2n) is 4.48. The van der Waals surface area contributed by atoms with E-state index < -0.39 is 0 Å². The number of rotatable bonds is 2. The molecule has 1 atom stereocenters. The maximum absolute atomic E-state index is 11.7. The van der Waals surface area contributed by atoms with Crippen molar-refractivity contribution in [3.05, 3.63) is 35.4 Å². The molecule has 0 saturated carbocycles. The van der Waals surface area contributed by atoms with Crippen LogP contribution in [0.15, 0.2) is 24.3 Å². The molecule has 0 N–H and O–H groups in total. The summed E-state index contributed by atoms with van der Waals surface area (Å²) in [5.74, 6) is 0.244. The molecule has 0 aliphatic carbocycles. The lowest BCUT2D eigenvalue weighted by atomic mass is 10.0. The summed E-state index contributed by atoms with van der Waals surface area (Å²) in [6.07, 6.45) is 0. The first-order valence-electron chi connectivity index (χ1n) is 5.45. The standard InChI is InChI=1S/C13H17NO/c1-9(2)14-8-11-6-4-5-7-12(11)13(14)10(3)15/h4-7,9,13H,8H2,1-3H3/t13-/m1/s1. The number of hydrogen-bond donors (Lipinski definition) is 0. The van der Waals surface area contributed by atoms with Gasteiger partial charge in [0.15, 0.2) is 5.78 Å². The fraction of sp³-hybridized carbons (Fsp3) is 0.462. The Morgan fingerprint density at radius 1 is 1.40 bits per heavy atom. The van der Waals surface area contributed by atoms with Gasteiger partial charge in [0.25, 0.3) is 0 Å². The SMILES string of the molecule is CC(=O)[C@@H]1c2ccccc2CN1C(C)C. The molecule has 1 aromatic carbocycles. The van der Waals surface area contributed by atoms with E-state index in [0.29, 0.717) is 6.04 Å². The smallest absolute Gasteiger partial charge is 0.151 e. The summed E-state index contributed by atoms with van der Waals surface area (Å²) in [4.78, 5) is 13.9. The van der Waals surface area contributed by atoms with Gasteiger partial charge >= 0.3 is 0 Å². The quantitative estimate of drug-likeness (QED) is 0.736. The number of ketones is 1. The van der Waals surface area contributed by atoms with Crippen LogP contribution in [0.25, 0.3) is 0 Å². The Kier molecular flexibility index (Phi) is 2.61. The average Bonchev–Trinajstić information content (AvgIpc) is 2.56. The Hall–Kier alpha value is -1.15. The fourth-order valence-corrected chi connectivity index (χ4v) is 2.34. The molecule has 1 aromatic rings. The summed E-state index contributed by atoms with van der Waals surface area (Å²) in [6.45, 7) is 6.86. The second-order valence-corrected chi connectivity index (χ2v) is 4.48. The number of Topliss-reactive ketones (excluding diaryl/α,β-unsaturated/α-hetero) is 1. The van der Waals surface area contributed by atoms with Gasteiger partial charge in [-0.25, -0.2) is 0 Å². The van der Waals surface area contributed by atoms with Crippen molar-refractivity contribution in [2.75, 3.05) is 0 Å². The number of carbonyl (C=O) groups is 1. The van der Waals surface area contributed by atoms with Crippen molar-refractivity contribution in [1.29, 1.82) is 0 Å². The Morgan fingerprint density at radius 3 is 2.67 bits per heavy atom. The summed E-state index contributed by atoms with van der Waals surface area (Å²) >= 11 is 0. The lowest BCUT2D eigenvalue weighted by Crippen LogP contribution is -2.32. The van der Waals surface area contributed by atoms with E-state index in [1.807, 2.05) is 12.1 Å². The van der Waals surface area contributed by atoms with Crippen LogP contribution in [0.1, 0.15) is 37.9 Å². The molecule has 1 aliphatic rings. The first-order chi connectivity index (χ1) is 7.11. The molecular weight excluding hydrogens is 186 g/mol. The summed E-state index contributed by atoms with van der Waals surface area (Å²) in [5.41, 5.74) is 2.49. The Bertz CT molecular complexity index is 384. The Balaban J connectivity index is 2.42. The maximum atomic E-state index is 11.7. The molecule has 0 bridgehead atoms. The average molecular weight is 203 g/mol. The summed E-state index contributed by atoms with van der Waals surface area (Å²) in [7, 11) is 0. The lowest BCUT2D eigenvalue weighted by molar-refractivity contribution is -0.122. The molecule has 0 saturated heterocycles. The van der Waals surface area contributed by atoms with Gasteiger partial charge in [-0.2, -0.15) is 0 Å². The van der Waals surface area contributed by atoms with Gasteiger partial charge in [0.1, 0.15) is 0 Å². The zero-order valence-corrected chi connectivity index (χ0v) is 9.53. The summed E-state index contributed by atoms with van der Waals surface area (Å²) in [6, 6.07) is 8.63. The van der Waals surface area contributed by atoms with Crippen molar-refractivity contribution < 1.29 is 4.79 Å². The highest BCUT2D eigenvalue weighted by Gasteiger charge is 2.34. The van der Waals surface area contributed by atoms with Crippen molar-refractivity contribution >= 4 is 5.78 Å². The number of hydrogen-bond acceptors (Lipinski definition) is 2.